The second-order valence-corrected chi connectivity index (χ2v) is 5.34. The quantitative estimate of drug-likeness (QED) is 0.923. The zero-order valence-corrected chi connectivity index (χ0v) is 12.1. The van der Waals surface area contributed by atoms with E-state index in [1.165, 1.54) is 29.8 Å². The molecular weight excluding hydrogens is 246 g/mol. The molecule has 1 aliphatic rings. The summed E-state index contributed by atoms with van der Waals surface area (Å²) in [6.45, 7) is 3.19. The average molecular weight is 267 g/mol. The molecule has 0 spiro atoms. The predicted octanol–water partition coefficient (Wildman–Crippen LogP) is 3.45. The number of para-hydroxylation sites is 1. The van der Waals surface area contributed by atoms with Gasteiger partial charge in [-0.05, 0) is 50.6 Å². The van der Waals surface area contributed by atoms with Crippen LogP contribution in [0.2, 0.25) is 0 Å². The molecule has 0 bridgehead atoms. The minimum Gasteiger partial charge on any atom is -0.340 e. The second kappa shape index (κ2) is 5.63. The molecule has 3 rings (SSSR count). The highest BCUT2D eigenvalue weighted by molar-refractivity contribution is 5.67. The van der Waals surface area contributed by atoms with Gasteiger partial charge in [-0.2, -0.15) is 0 Å². The van der Waals surface area contributed by atoms with Crippen molar-refractivity contribution in [1.82, 2.24) is 10.3 Å². The van der Waals surface area contributed by atoms with Crippen LogP contribution in [0.4, 0.5) is 11.4 Å². The van der Waals surface area contributed by atoms with Gasteiger partial charge >= 0.3 is 0 Å². The van der Waals surface area contributed by atoms with E-state index in [1.807, 2.05) is 13.2 Å². The fourth-order valence-corrected chi connectivity index (χ4v) is 2.76. The first-order valence-electron chi connectivity index (χ1n) is 7.28. The summed E-state index contributed by atoms with van der Waals surface area (Å²) in [5.41, 5.74) is 5.03. The highest BCUT2D eigenvalue weighted by Crippen LogP contribution is 2.33. The summed E-state index contributed by atoms with van der Waals surface area (Å²) in [7, 11) is 1.96. The minimum absolute atomic E-state index is 0.290. The lowest BCUT2D eigenvalue weighted by Crippen LogP contribution is -2.24. The molecule has 3 nitrogen and oxygen atoms in total. The van der Waals surface area contributed by atoms with Crippen molar-refractivity contribution in [2.75, 3.05) is 18.5 Å². The topological polar surface area (TPSA) is 28.2 Å². The highest BCUT2D eigenvalue weighted by atomic mass is 15.1. The van der Waals surface area contributed by atoms with Gasteiger partial charge in [0.25, 0.3) is 0 Å². The Balaban J connectivity index is 1.91. The Morgan fingerprint density at radius 1 is 1.20 bits per heavy atom. The molecule has 1 N–H and O–H groups in total. The Morgan fingerprint density at radius 3 is 2.80 bits per heavy atom. The number of rotatable bonds is 3. The van der Waals surface area contributed by atoms with Crippen LogP contribution in [0.1, 0.15) is 30.6 Å². The second-order valence-electron chi connectivity index (χ2n) is 5.34. The molecule has 2 heterocycles. The Labute approximate surface area is 120 Å². The lowest BCUT2D eigenvalue weighted by molar-refractivity contribution is 0.632. The van der Waals surface area contributed by atoms with Gasteiger partial charge in [0, 0.05) is 18.3 Å². The Bertz CT molecular complexity index is 577. The number of pyridine rings is 1. The first-order valence-corrected chi connectivity index (χ1v) is 7.28. The van der Waals surface area contributed by atoms with Crippen LogP contribution in [0.3, 0.4) is 0 Å². The predicted molar refractivity (Wildman–Crippen MR) is 83.5 cm³/mol. The van der Waals surface area contributed by atoms with Gasteiger partial charge in [0.2, 0.25) is 0 Å². The summed E-state index contributed by atoms with van der Waals surface area (Å²) < 4.78 is 0. The number of nitrogens with one attached hydrogen (secondary N) is 1. The van der Waals surface area contributed by atoms with Crippen molar-refractivity contribution in [3.8, 4) is 0 Å². The fraction of sp³-hybridized carbons (Fsp3) is 0.353. The number of fused-ring (bicyclic) bond motifs is 1. The molecular formula is C17H21N3. The van der Waals surface area contributed by atoms with E-state index in [9.17, 15) is 0 Å². The molecule has 0 fully saturated rings. The summed E-state index contributed by atoms with van der Waals surface area (Å²) >= 11 is 0. The van der Waals surface area contributed by atoms with Crippen LogP contribution in [0.5, 0.6) is 0 Å². The van der Waals surface area contributed by atoms with Crippen LogP contribution in [0.15, 0.2) is 42.6 Å². The van der Waals surface area contributed by atoms with E-state index in [-0.39, 0.29) is 6.04 Å². The van der Waals surface area contributed by atoms with Gasteiger partial charge in [-0.1, -0.05) is 18.2 Å². The lowest BCUT2D eigenvalue weighted by Gasteiger charge is -2.31. The minimum atomic E-state index is 0.290. The standard InChI is InChI=1S/C17H21N3/c1-13(18-2)16-10-9-15(12-19-16)20-11-5-7-14-6-3-4-8-17(14)20/h3-4,6,8-10,12-13,18H,5,7,11H2,1-2H3. The van der Waals surface area contributed by atoms with Crippen molar-refractivity contribution in [3.05, 3.63) is 53.9 Å². The third-order valence-electron chi connectivity index (χ3n) is 4.07. The fourth-order valence-electron chi connectivity index (χ4n) is 2.76. The van der Waals surface area contributed by atoms with Gasteiger partial charge in [-0.25, -0.2) is 0 Å². The summed E-state index contributed by atoms with van der Waals surface area (Å²) in [6.07, 6.45) is 4.37. The average Bonchev–Trinajstić information content (AvgIpc) is 2.54. The zero-order valence-electron chi connectivity index (χ0n) is 12.1. The van der Waals surface area contributed by atoms with Crippen molar-refractivity contribution in [2.24, 2.45) is 0 Å². The number of hydrogen-bond acceptors (Lipinski definition) is 3. The molecule has 0 saturated heterocycles. The molecule has 1 aromatic carbocycles. The van der Waals surface area contributed by atoms with Crippen molar-refractivity contribution in [2.45, 2.75) is 25.8 Å². The molecule has 1 unspecified atom stereocenters. The highest BCUT2D eigenvalue weighted by Gasteiger charge is 2.18. The SMILES string of the molecule is CNC(C)c1ccc(N2CCCc3ccccc32)cn1. The van der Waals surface area contributed by atoms with Crippen LogP contribution in [-0.4, -0.2) is 18.6 Å². The maximum absolute atomic E-state index is 4.59. The van der Waals surface area contributed by atoms with E-state index in [1.54, 1.807) is 0 Å². The van der Waals surface area contributed by atoms with Gasteiger partial charge in [-0.15, -0.1) is 0 Å². The summed E-state index contributed by atoms with van der Waals surface area (Å²) in [4.78, 5) is 6.97. The summed E-state index contributed by atoms with van der Waals surface area (Å²) in [5, 5.41) is 3.22. The number of nitrogens with zero attached hydrogens (tertiary/aromatic N) is 2. The lowest BCUT2D eigenvalue weighted by atomic mass is 10.0. The molecule has 1 atom stereocenters. The zero-order chi connectivity index (χ0) is 13.9. The molecule has 0 saturated carbocycles. The Morgan fingerprint density at radius 2 is 2.05 bits per heavy atom. The third-order valence-corrected chi connectivity index (χ3v) is 4.07. The molecule has 0 amide bonds. The van der Waals surface area contributed by atoms with Crippen LogP contribution in [-0.2, 0) is 6.42 Å². The molecule has 104 valence electrons. The Hall–Kier alpha value is -1.87. The third kappa shape index (κ3) is 2.41. The van der Waals surface area contributed by atoms with E-state index in [0.29, 0.717) is 0 Å². The van der Waals surface area contributed by atoms with Gasteiger partial charge < -0.3 is 10.2 Å². The van der Waals surface area contributed by atoms with Crippen LogP contribution in [0.25, 0.3) is 0 Å². The van der Waals surface area contributed by atoms with Gasteiger partial charge in [0.05, 0.1) is 17.6 Å². The molecule has 20 heavy (non-hydrogen) atoms. The van der Waals surface area contributed by atoms with E-state index < -0.39 is 0 Å². The largest absolute Gasteiger partial charge is 0.340 e. The van der Waals surface area contributed by atoms with E-state index in [0.717, 1.165) is 12.2 Å². The molecule has 0 radical (unpaired) electrons. The number of aryl methyl sites for hydroxylation is 1. The maximum atomic E-state index is 4.59. The molecule has 1 aliphatic heterocycles. The smallest absolute Gasteiger partial charge is 0.0597 e. The van der Waals surface area contributed by atoms with E-state index >= 15 is 0 Å². The Kier molecular flexibility index (Phi) is 3.70. The van der Waals surface area contributed by atoms with Crippen molar-refractivity contribution in [1.29, 1.82) is 0 Å². The molecule has 2 aromatic rings. The van der Waals surface area contributed by atoms with Crippen molar-refractivity contribution < 1.29 is 0 Å². The van der Waals surface area contributed by atoms with Crippen molar-refractivity contribution in [3.63, 3.8) is 0 Å². The number of hydrogen-bond donors (Lipinski definition) is 1. The van der Waals surface area contributed by atoms with Crippen LogP contribution < -0.4 is 10.2 Å². The van der Waals surface area contributed by atoms with E-state index in [2.05, 4.69) is 58.5 Å². The summed E-state index contributed by atoms with van der Waals surface area (Å²) in [6, 6.07) is 13.3. The monoisotopic (exact) mass is 267 g/mol. The number of aromatic nitrogens is 1. The maximum Gasteiger partial charge on any atom is 0.0597 e. The molecule has 0 aliphatic carbocycles. The first kappa shape index (κ1) is 13.1. The number of anilines is 2. The van der Waals surface area contributed by atoms with Crippen molar-refractivity contribution >= 4 is 11.4 Å². The van der Waals surface area contributed by atoms with Crippen LogP contribution in [0, 0.1) is 0 Å². The van der Waals surface area contributed by atoms with Gasteiger partial charge in [0.1, 0.15) is 0 Å². The van der Waals surface area contributed by atoms with Gasteiger partial charge in [0.15, 0.2) is 0 Å². The summed E-state index contributed by atoms with van der Waals surface area (Å²) in [5.74, 6) is 0. The molecule has 1 aromatic heterocycles. The van der Waals surface area contributed by atoms with Gasteiger partial charge in [-0.3, -0.25) is 4.98 Å². The number of benzene rings is 1. The first-order chi connectivity index (χ1) is 9.79. The normalized spacial score (nSPS) is 15.8. The van der Waals surface area contributed by atoms with Crippen LogP contribution >= 0.6 is 0 Å². The van der Waals surface area contributed by atoms with E-state index in [4.69, 9.17) is 0 Å². The molecule has 3 heteroatoms.